The van der Waals surface area contributed by atoms with E-state index in [0.29, 0.717) is 30.4 Å². The van der Waals surface area contributed by atoms with Crippen molar-refractivity contribution in [2.24, 2.45) is 0 Å². The van der Waals surface area contributed by atoms with Gasteiger partial charge < -0.3 is 20.0 Å². The molecule has 0 aliphatic carbocycles. The normalized spacial score (nSPS) is 14.4. The number of benzene rings is 1. The highest BCUT2D eigenvalue weighted by Gasteiger charge is 2.24. The minimum atomic E-state index is -0.0215. The van der Waals surface area contributed by atoms with Crippen LogP contribution in [0.5, 0.6) is 0 Å². The van der Waals surface area contributed by atoms with Gasteiger partial charge in [-0.2, -0.15) is 0 Å². The number of carbonyl (C=O) groups is 1. The lowest BCUT2D eigenvalue weighted by Crippen LogP contribution is -2.49. The molecule has 1 aliphatic rings. The highest BCUT2D eigenvalue weighted by molar-refractivity contribution is 5.93. The van der Waals surface area contributed by atoms with Crippen LogP contribution in [0.2, 0.25) is 0 Å². The molecule has 2 aromatic rings. The third-order valence-electron chi connectivity index (χ3n) is 5.41. The predicted octanol–water partition coefficient (Wildman–Crippen LogP) is 2.34. The summed E-state index contributed by atoms with van der Waals surface area (Å²) in [7, 11) is 4.06. The largest absolute Gasteiger partial charge is 0.369 e. The van der Waals surface area contributed by atoms with E-state index in [0.717, 1.165) is 26.2 Å². The van der Waals surface area contributed by atoms with Gasteiger partial charge >= 0.3 is 0 Å². The molecule has 0 spiro atoms. The van der Waals surface area contributed by atoms with Gasteiger partial charge in [-0.3, -0.25) is 4.79 Å². The first-order valence-corrected chi connectivity index (χ1v) is 10.2. The second kappa shape index (κ2) is 9.22. The highest BCUT2D eigenvalue weighted by atomic mass is 16.2. The summed E-state index contributed by atoms with van der Waals surface area (Å²) >= 11 is 0. The number of amides is 1. The maximum absolute atomic E-state index is 13.0. The Labute approximate surface area is 173 Å². The molecule has 1 fully saturated rings. The maximum atomic E-state index is 13.0. The number of hydrogen-bond donors (Lipinski definition) is 1. The second-order valence-electron chi connectivity index (χ2n) is 7.91. The summed E-state index contributed by atoms with van der Waals surface area (Å²) in [5.41, 5.74) is 4.34. The number of likely N-dealkylation sites (N-methyl/N-ethyl adjacent to an activating group) is 1. The molecule has 1 N–H and O–H groups in total. The summed E-state index contributed by atoms with van der Waals surface area (Å²) in [5, 5.41) is 3.28. The molecule has 0 saturated carbocycles. The van der Waals surface area contributed by atoms with E-state index in [2.05, 4.69) is 57.1 Å². The fourth-order valence-electron chi connectivity index (χ4n) is 3.57. The van der Waals surface area contributed by atoms with Gasteiger partial charge in [-0.1, -0.05) is 12.1 Å². The monoisotopic (exact) mass is 396 g/mol. The minimum absolute atomic E-state index is 0.0215. The number of hydrogen-bond acceptors (Lipinski definition) is 6. The van der Waals surface area contributed by atoms with Crippen LogP contribution >= 0.6 is 0 Å². The first-order chi connectivity index (χ1) is 13.8. The number of carbonyl (C=O) groups excluding carboxylic acids is 1. The van der Waals surface area contributed by atoms with Gasteiger partial charge in [0.2, 0.25) is 0 Å². The van der Waals surface area contributed by atoms with Crippen LogP contribution in [-0.2, 0) is 0 Å². The molecule has 0 bridgehead atoms. The highest BCUT2D eigenvalue weighted by Crippen LogP contribution is 2.24. The summed E-state index contributed by atoms with van der Waals surface area (Å²) in [6, 6.07) is 8.17. The third kappa shape index (κ3) is 5.23. The average molecular weight is 397 g/mol. The molecule has 2 heterocycles. The zero-order valence-electron chi connectivity index (χ0n) is 18.2. The van der Waals surface area contributed by atoms with Crippen LogP contribution in [0.4, 0.5) is 11.5 Å². The Bertz CT molecular complexity index is 858. The SMILES string of the molecule is Cc1nc(NCCN(C)C)cc(C(=O)N2CCN(c3cccc(C)c3C)CC2)n1. The van der Waals surface area contributed by atoms with E-state index in [1.807, 2.05) is 25.9 Å². The maximum Gasteiger partial charge on any atom is 0.272 e. The Morgan fingerprint density at radius 1 is 1.10 bits per heavy atom. The van der Waals surface area contributed by atoms with E-state index in [4.69, 9.17) is 0 Å². The van der Waals surface area contributed by atoms with E-state index < -0.39 is 0 Å². The van der Waals surface area contributed by atoms with Crippen LogP contribution in [-0.4, -0.2) is 79.0 Å². The Kier molecular flexibility index (Phi) is 6.69. The van der Waals surface area contributed by atoms with Gasteiger partial charge in [0.05, 0.1) is 0 Å². The van der Waals surface area contributed by atoms with Crippen LogP contribution in [0.25, 0.3) is 0 Å². The lowest BCUT2D eigenvalue weighted by atomic mass is 10.1. The quantitative estimate of drug-likeness (QED) is 0.809. The Morgan fingerprint density at radius 3 is 2.52 bits per heavy atom. The third-order valence-corrected chi connectivity index (χ3v) is 5.41. The summed E-state index contributed by atoms with van der Waals surface area (Å²) in [6.45, 7) is 10.8. The van der Waals surface area contributed by atoms with Crippen molar-refractivity contribution in [2.75, 3.05) is 63.6 Å². The van der Waals surface area contributed by atoms with Gasteiger partial charge in [-0.15, -0.1) is 0 Å². The zero-order chi connectivity index (χ0) is 21.0. The lowest BCUT2D eigenvalue weighted by Gasteiger charge is -2.37. The van der Waals surface area contributed by atoms with Crippen molar-refractivity contribution in [3.05, 3.63) is 46.9 Å². The molecular formula is C22H32N6O. The van der Waals surface area contributed by atoms with Crippen LogP contribution in [0.15, 0.2) is 24.3 Å². The van der Waals surface area contributed by atoms with E-state index in [9.17, 15) is 4.79 Å². The molecule has 156 valence electrons. The molecule has 0 radical (unpaired) electrons. The first kappa shape index (κ1) is 21.0. The van der Waals surface area contributed by atoms with Crippen molar-refractivity contribution in [3.63, 3.8) is 0 Å². The summed E-state index contributed by atoms with van der Waals surface area (Å²) in [4.78, 5) is 28.2. The number of nitrogens with zero attached hydrogens (tertiary/aromatic N) is 5. The smallest absolute Gasteiger partial charge is 0.272 e. The molecule has 1 saturated heterocycles. The standard InChI is InChI=1S/C22H32N6O/c1-16-7-6-8-20(17(16)2)27-11-13-28(14-12-27)22(29)19-15-21(25-18(3)24-19)23-9-10-26(4)5/h6-8,15H,9-14H2,1-5H3,(H,23,24,25). The first-order valence-electron chi connectivity index (χ1n) is 10.2. The molecule has 1 aromatic heterocycles. The van der Waals surface area contributed by atoms with Crippen molar-refractivity contribution in [2.45, 2.75) is 20.8 Å². The van der Waals surface area contributed by atoms with E-state index in [-0.39, 0.29) is 5.91 Å². The Hall–Kier alpha value is -2.67. The van der Waals surface area contributed by atoms with Crippen LogP contribution in [0.1, 0.15) is 27.4 Å². The van der Waals surface area contributed by atoms with Gasteiger partial charge in [0.15, 0.2) is 0 Å². The lowest BCUT2D eigenvalue weighted by molar-refractivity contribution is 0.0740. The van der Waals surface area contributed by atoms with Crippen molar-refractivity contribution >= 4 is 17.4 Å². The molecule has 1 aromatic carbocycles. The predicted molar refractivity (Wildman–Crippen MR) is 118 cm³/mol. The van der Waals surface area contributed by atoms with Gasteiger partial charge in [0, 0.05) is 51.0 Å². The summed E-state index contributed by atoms with van der Waals surface area (Å²) < 4.78 is 0. The van der Waals surface area contributed by atoms with Crippen molar-refractivity contribution in [1.82, 2.24) is 19.8 Å². The summed E-state index contributed by atoms with van der Waals surface area (Å²) in [6.07, 6.45) is 0. The molecule has 3 rings (SSSR count). The van der Waals surface area contributed by atoms with Crippen molar-refractivity contribution in [1.29, 1.82) is 0 Å². The average Bonchev–Trinajstić information content (AvgIpc) is 2.69. The zero-order valence-corrected chi connectivity index (χ0v) is 18.2. The number of piperazine rings is 1. The van der Waals surface area contributed by atoms with Gasteiger partial charge in [0.1, 0.15) is 17.3 Å². The Balaban J connectivity index is 1.64. The molecule has 1 aliphatic heterocycles. The number of rotatable bonds is 6. The van der Waals surface area contributed by atoms with Crippen molar-refractivity contribution in [3.8, 4) is 0 Å². The topological polar surface area (TPSA) is 64.6 Å². The number of aryl methyl sites for hydroxylation is 2. The fourth-order valence-corrected chi connectivity index (χ4v) is 3.57. The molecule has 0 unspecified atom stereocenters. The van der Waals surface area contributed by atoms with Crippen LogP contribution in [0, 0.1) is 20.8 Å². The molecule has 7 nitrogen and oxygen atoms in total. The molecular weight excluding hydrogens is 364 g/mol. The second-order valence-corrected chi connectivity index (χ2v) is 7.91. The van der Waals surface area contributed by atoms with Gasteiger partial charge in [-0.25, -0.2) is 9.97 Å². The van der Waals surface area contributed by atoms with E-state index >= 15 is 0 Å². The molecule has 1 amide bonds. The van der Waals surface area contributed by atoms with E-state index in [1.54, 1.807) is 6.07 Å². The number of nitrogens with one attached hydrogen (secondary N) is 1. The minimum Gasteiger partial charge on any atom is -0.369 e. The number of anilines is 2. The van der Waals surface area contributed by atoms with E-state index in [1.165, 1.54) is 16.8 Å². The van der Waals surface area contributed by atoms with Crippen molar-refractivity contribution < 1.29 is 4.79 Å². The molecule has 7 heteroatoms. The fraction of sp³-hybridized carbons (Fsp3) is 0.500. The van der Waals surface area contributed by atoms with Gasteiger partial charge in [0.25, 0.3) is 5.91 Å². The van der Waals surface area contributed by atoms with Crippen LogP contribution < -0.4 is 10.2 Å². The van der Waals surface area contributed by atoms with Gasteiger partial charge in [-0.05, 0) is 52.1 Å². The summed E-state index contributed by atoms with van der Waals surface area (Å²) in [5.74, 6) is 1.29. The Morgan fingerprint density at radius 2 is 1.83 bits per heavy atom. The molecule has 0 atom stereocenters. The molecule has 29 heavy (non-hydrogen) atoms. The number of aromatic nitrogens is 2. The van der Waals surface area contributed by atoms with Crippen LogP contribution in [0.3, 0.4) is 0 Å².